The molecule has 1 N–H and O–H groups in total. The molecule has 1 aliphatic rings. The fraction of sp³-hybridized carbons (Fsp3) is 0.474. The lowest BCUT2D eigenvalue weighted by molar-refractivity contribution is -0.285. The molecule has 10 nitrogen and oxygen atoms in total. The van der Waals surface area contributed by atoms with Crippen molar-refractivity contribution < 1.29 is 48.0 Å². The Hall–Kier alpha value is -2.98. The van der Waals surface area contributed by atoms with Gasteiger partial charge in [0, 0.05) is 20.8 Å². The third-order valence-electron chi connectivity index (χ3n) is 3.96. The van der Waals surface area contributed by atoms with Gasteiger partial charge in [0.05, 0.1) is 5.56 Å². The number of esters is 3. The van der Waals surface area contributed by atoms with Crippen LogP contribution in [0.25, 0.3) is 0 Å². The largest absolute Gasteiger partial charge is 0.463 e. The highest BCUT2D eigenvalue weighted by Crippen LogP contribution is 2.29. The molecule has 0 amide bonds. The first-order chi connectivity index (χ1) is 13.7. The lowest BCUT2D eigenvalue weighted by Crippen LogP contribution is -2.62. The van der Waals surface area contributed by atoms with Crippen LogP contribution in [0.3, 0.4) is 0 Å². The SMILES string of the molecule is CC(=O)OC[C@H]1O[C@@H](Oc2ccccc2C=O)[C@H](O)[C@@H](OC(C)=O)[C@H]1OC(C)=O. The average Bonchev–Trinajstić information content (AvgIpc) is 2.65. The van der Waals surface area contributed by atoms with Crippen LogP contribution in [0, 0.1) is 0 Å². The summed E-state index contributed by atoms with van der Waals surface area (Å²) >= 11 is 0. The lowest BCUT2D eigenvalue weighted by atomic mass is 9.98. The fourth-order valence-corrected chi connectivity index (χ4v) is 2.80. The summed E-state index contributed by atoms with van der Waals surface area (Å²) in [6, 6.07) is 6.22. The fourth-order valence-electron chi connectivity index (χ4n) is 2.80. The second-order valence-corrected chi connectivity index (χ2v) is 6.26. The Morgan fingerprint density at radius 1 is 1.03 bits per heavy atom. The predicted octanol–water partition coefficient (Wildman–Crippen LogP) is 0.390. The highest BCUT2D eigenvalue weighted by atomic mass is 16.7. The van der Waals surface area contributed by atoms with Crippen LogP contribution in [-0.4, -0.2) is 66.6 Å². The second kappa shape index (κ2) is 9.99. The third-order valence-corrected chi connectivity index (χ3v) is 3.96. The van der Waals surface area contributed by atoms with Crippen molar-refractivity contribution in [3.8, 4) is 5.75 Å². The minimum atomic E-state index is -1.57. The minimum absolute atomic E-state index is 0.116. The number of hydrogen-bond acceptors (Lipinski definition) is 10. The van der Waals surface area contributed by atoms with Crippen LogP contribution in [-0.2, 0) is 33.3 Å². The molecule has 5 atom stereocenters. The van der Waals surface area contributed by atoms with Gasteiger partial charge in [-0.05, 0) is 12.1 Å². The zero-order chi connectivity index (χ0) is 21.6. The molecule has 10 heteroatoms. The number of hydrogen-bond donors (Lipinski definition) is 1. The second-order valence-electron chi connectivity index (χ2n) is 6.26. The standard InChI is InChI=1S/C19H22O10/c1-10(21)25-9-15-17(26-11(2)22)18(27-12(3)23)16(24)19(29-15)28-14-7-5-4-6-13(14)8-20/h4-8,15-19,24H,9H2,1-3H3/t15-,16-,17+,18-,19-/m1/s1. The Morgan fingerprint density at radius 3 is 2.24 bits per heavy atom. The highest BCUT2D eigenvalue weighted by Gasteiger charge is 2.51. The molecule has 1 heterocycles. The first-order valence-corrected chi connectivity index (χ1v) is 8.75. The Kier molecular flexibility index (Phi) is 7.68. The van der Waals surface area contributed by atoms with Crippen molar-refractivity contribution in [3.63, 3.8) is 0 Å². The van der Waals surface area contributed by atoms with Crippen molar-refractivity contribution in [2.24, 2.45) is 0 Å². The molecular weight excluding hydrogens is 388 g/mol. The lowest BCUT2D eigenvalue weighted by Gasteiger charge is -2.42. The van der Waals surface area contributed by atoms with Gasteiger partial charge in [-0.25, -0.2) is 0 Å². The van der Waals surface area contributed by atoms with Gasteiger partial charge in [0.15, 0.2) is 24.6 Å². The maximum absolute atomic E-state index is 11.5. The van der Waals surface area contributed by atoms with E-state index < -0.39 is 48.6 Å². The molecule has 1 saturated heterocycles. The minimum Gasteiger partial charge on any atom is -0.463 e. The number of rotatable bonds is 7. The molecule has 1 aromatic carbocycles. The topological polar surface area (TPSA) is 135 Å². The van der Waals surface area contributed by atoms with E-state index in [0.717, 1.165) is 13.8 Å². The quantitative estimate of drug-likeness (QED) is 0.382. The van der Waals surface area contributed by atoms with Gasteiger partial charge in [-0.2, -0.15) is 0 Å². The smallest absolute Gasteiger partial charge is 0.303 e. The molecule has 1 aromatic rings. The number of aldehydes is 1. The van der Waals surface area contributed by atoms with Crippen molar-refractivity contribution in [2.45, 2.75) is 51.5 Å². The van der Waals surface area contributed by atoms with Gasteiger partial charge in [-0.1, -0.05) is 12.1 Å². The van der Waals surface area contributed by atoms with Gasteiger partial charge in [-0.15, -0.1) is 0 Å². The average molecular weight is 410 g/mol. The number of carbonyl (C=O) groups excluding carboxylic acids is 4. The molecule has 0 bridgehead atoms. The van der Waals surface area contributed by atoms with Crippen LogP contribution in [0.15, 0.2) is 24.3 Å². The van der Waals surface area contributed by atoms with Crippen molar-refractivity contribution in [3.05, 3.63) is 29.8 Å². The maximum atomic E-state index is 11.5. The van der Waals surface area contributed by atoms with Crippen molar-refractivity contribution >= 4 is 24.2 Å². The molecule has 0 saturated carbocycles. The van der Waals surface area contributed by atoms with Crippen LogP contribution in [0.2, 0.25) is 0 Å². The number of benzene rings is 1. The molecule has 0 radical (unpaired) electrons. The van der Waals surface area contributed by atoms with Gasteiger partial charge in [0.25, 0.3) is 0 Å². The van der Waals surface area contributed by atoms with E-state index in [1.807, 2.05) is 0 Å². The zero-order valence-electron chi connectivity index (χ0n) is 16.1. The summed E-state index contributed by atoms with van der Waals surface area (Å²) in [6.45, 7) is 3.07. The Bertz CT molecular complexity index is 761. The van der Waals surface area contributed by atoms with Crippen molar-refractivity contribution in [2.75, 3.05) is 6.61 Å². The molecule has 0 spiro atoms. The van der Waals surface area contributed by atoms with E-state index >= 15 is 0 Å². The van der Waals surface area contributed by atoms with Gasteiger partial charge in [0.2, 0.25) is 6.29 Å². The van der Waals surface area contributed by atoms with E-state index in [2.05, 4.69) is 0 Å². The summed E-state index contributed by atoms with van der Waals surface area (Å²) in [5.74, 6) is -1.97. The monoisotopic (exact) mass is 410 g/mol. The van der Waals surface area contributed by atoms with E-state index in [1.54, 1.807) is 12.1 Å². The van der Waals surface area contributed by atoms with Crippen molar-refractivity contribution in [1.29, 1.82) is 0 Å². The Morgan fingerprint density at radius 2 is 1.66 bits per heavy atom. The van der Waals surface area contributed by atoms with E-state index in [1.165, 1.54) is 19.1 Å². The number of ether oxygens (including phenoxy) is 5. The van der Waals surface area contributed by atoms with Crippen LogP contribution < -0.4 is 4.74 Å². The molecule has 0 aliphatic carbocycles. The molecule has 1 aliphatic heterocycles. The summed E-state index contributed by atoms with van der Waals surface area (Å²) < 4.78 is 26.5. The van der Waals surface area contributed by atoms with Gasteiger partial charge in [0.1, 0.15) is 18.5 Å². The van der Waals surface area contributed by atoms with Crippen LogP contribution >= 0.6 is 0 Å². The first kappa shape index (κ1) is 22.3. The molecule has 0 unspecified atom stereocenters. The summed E-state index contributed by atoms with van der Waals surface area (Å²) in [7, 11) is 0. The molecular formula is C19H22O10. The van der Waals surface area contributed by atoms with Crippen LogP contribution in [0.5, 0.6) is 5.75 Å². The Labute approximate surface area is 166 Å². The molecule has 1 fully saturated rings. The van der Waals surface area contributed by atoms with E-state index in [-0.39, 0.29) is 17.9 Å². The van der Waals surface area contributed by atoms with E-state index in [0.29, 0.717) is 6.29 Å². The number of aliphatic hydroxyl groups excluding tert-OH is 1. The molecule has 158 valence electrons. The zero-order valence-corrected chi connectivity index (χ0v) is 16.1. The summed E-state index contributed by atoms with van der Waals surface area (Å²) in [6.07, 6.45) is -6.15. The predicted molar refractivity (Wildman–Crippen MR) is 94.9 cm³/mol. The van der Waals surface area contributed by atoms with Gasteiger partial charge >= 0.3 is 17.9 Å². The van der Waals surface area contributed by atoms with Crippen LogP contribution in [0.4, 0.5) is 0 Å². The van der Waals surface area contributed by atoms with E-state index in [9.17, 15) is 24.3 Å². The van der Waals surface area contributed by atoms with Crippen molar-refractivity contribution in [1.82, 2.24) is 0 Å². The van der Waals surface area contributed by atoms with Gasteiger partial charge < -0.3 is 28.8 Å². The van der Waals surface area contributed by atoms with E-state index in [4.69, 9.17) is 23.7 Å². The number of carbonyl (C=O) groups is 4. The first-order valence-electron chi connectivity index (χ1n) is 8.75. The Balaban J connectivity index is 2.34. The number of para-hydroxylation sites is 1. The molecule has 0 aromatic heterocycles. The van der Waals surface area contributed by atoms with Crippen LogP contribution in [0.1, 0.15) is 31.1 Å². The molecule has 2 rings (SSSR count). The molecule has 29 heavy (non-hydrogen) atoms. The summed E-state index contributed by atoms with van der Waals surface area (Å²) in [4.78, 5) is 45.5. The normalized spacial score (nSPS) is 26.1. The summed E-state index contributed by atoms with van der Waals surface area (Å²) in [5, 5.41) is 10.7. The summed E-state index contributed by atoms with van der Waals surface area (Å²) in [5.41, 5.74) is 0.200. The highest BCUT2D eigenvalue weighted by molar-refractivity contribution is 5.79. The van der Waals surface area contributed by atoms with Gasteiger partial charge in [-0.3, -0.25) is 19.2 Å². The third kappa shape index (κ3) is 6.00. The number of aliphatic hydroxyl groups is 1. The maximum Gasteiger partial charge on any atom is 0.303 e.